The number of nitrogens with one attached hydrogen (secondary N) is 1. The fraction of sp³-hybridized carbons (Fsp3) is 0.273. The van der Waals surface area contributed by atoms with Gasteiger partial charge in [-0.2, -0.15) is 0 Å². The highest BCUT2D eigenvalue weighted by Crippen LogP contribution is 2.32. The van der Waals surface area contributed by atoms with Gasteiger partial charge in [0.1, 0.15) is 5.82 Å². The number of hydrogen-bond acceptors (Lipinski definition) is 5. The lowest BCUT2D eigenvalue weighted by Gasteiger charge is -2.24. The summed E-state index contributed by atoms with van der Waals surface area (Å²) >= 11 is 6.09. The molecule has 0 radical (unpaired) electrons. The Labute approximate surface area is 194 Å². The maximum absolute atomic E-state index is 13.9. The van der Waals surface area contributed by atoms with Crippen LogP contribution in [-0.4, -0.2) is 38.3 Å². The minimum absolute atomic E-state index is 0.0419. The molecular weight excluding hydrogens is 474 g/mol. The second-order valence-electron chi connectivity index (χ2n) is 7.92. The quantitative estimate of drug-likeness (QED) is 0.558. The second-order valence-corrected chi connectivity index (χ2v) is 9.92. The van der Waals surface area contributed by atoms with E-state index in [-0.39, 0.29) is 47.8 Å². The lowest BCUT2D eigenvalue weighted by Crippen LogP contribution is -2.29. The summed E-state index contributed by atoms with van der Waals surface area (Å²) in [5.41, 5.74) is 0.945. The molecule has 1 saturated heterocycles. The van der Waals surface area contributed by atoms with Gasteiger partial charge in [0.25, 0.3) is 5.91 Å². The fourth-order valence-corrected chi connectivity index (χ4v) is 4.51. The highest BCUT2D eigenvalue weighted by molar-refractivity contribution is 7.89. The number of carbonyl (C=O) groups is 1. The molecule has 0 aliphatic carbocycles. The fourth-order valence-electron chi connectivity index (χ4n) is 3.77. The third-order valence-electron chi connectivity index (χ3n) is 5.44. The Bertz CT molecular complexity index is 1330. The largest absolute Gasteiger partial charge is 0.356 e. The number of benzene rings is 2. The number of hydrogen-bond donors (Lipinski definition) is 2. The van der Waals surface area contributed by atoms with Crippen LogP contribution in [0.4, 0.5) is 20.3 Å². The molecule has 1 fully saturated rings. The van der Waals surface area contributed by atoms with Crippen LogP contribution < -0.4 is 15.4 Å². The van der Waals surface area contributed by atoms with Gasteiger partial charge in [-0.1, -0.05) is 17.7 Å². The SMILES string of the molecule is NS(=O)(=O)c1cccc(NC(=O)c2cc3cc(Cl)ccc3nc2N2CCCC(F)(F)CC2)c1. The highest BCUT2D eigenvalue weighted by atomic mass is 35.5. The van der Waals surface area contributed by atoms with Crippen molar-refractivity contribution in [3.05, 3.63) is 59.1 Å². The first-order valence-electron chi connectivity index (χ1n) is 10.2. The zero-order chi connectivity index (χ0) is 23.8. The Morgan fingerprint density at radius 1 is 1.12 bits per heavy atom. The number of pyridine rings is 1. The van der Waals surface area contributed by atoms with Crippen LogP contribution in [-0.2, 0) is 10.0 Å². The average Bonchev–Trinajstić information content (AvgIpc) is 2.92. The van der Waals surface area contributed by atoms with Gasteiger partial charge in [0.05, 0.1) is 16.0 Å². The maximum Gasteiger partial charge on any atom is 0.259 e. The van der Waals surface area contributed by atoms with Crippen molar-refractivity contribution in [2.24, 2.45) is 5.14 Å². The van der Waals surface area contributed by atoms with E-state index in [1.807, 2.05) is 0 Å². The Morgan fingerprint density at radius 3 is 2.67 bits per heavy atom. The molecule has 0 saturated carbocycles. The van der Waals surface area contributed by atoms with Crippen molar-refractivity contribution < 1.29 is 22.0 Å². The molecule has 7 nitrogen and oxygen atoms in total. The molecule has 1 aromatic heterocycles. The number of sulfonamides is 1. The van der Waals surface area contributed by atoms with E-state index < -0.39 is 21.9 Å². The van der Waals surface area contributed by atoms with Gasteiger partial charge in [-0.05, 0) is 48.9 Å². The molecule has 3 aromatic rings. The van der Waals surface area contributed by atoms with Gasteiger partial charge < -0.3 is 10.2 Å². The summed E-state index contributed by atoms with van der Waals surface area (Å²) < 4.78 is 51.1. The van der Waals surface area contributed by atoms with Gasteiger partial charge in [-0.15, -0.1) is 0 Å². The minimum Gasteiger partial charge on any atom is -0.356 e. The van der Waals surface area contributed by atoms with Crippen LogP contribution in [0, 0.1) is 0 Å². The van der Waals surface area contributed by atoms with Gasteiger partial charge in [0, 0.05) is 42.0 Å². The van der Waals surface area contributed by atoms with Crippen molar-refractivity contribution >= 4 is 49.9 Å². The van der Waals surface area contributed by atoms with Gasteiger partial charge in [-0.25, -0.2) is 27.3 Å². The molecule has 11 heteroatoms. The lowest BCUT2D eigenvalue weighted by molar-refractivity contribution is -0.0102. The first-order valence-corrected chi connectivity index (χ1v) is 12.1. The smallest absolute Gasteiger partial charge is 0.259 e. The first kappa shape index (κ1) is 23.3. The summed E-state index contributed by atoms with van der Waals surface area (Å²) in [5, 5.41) is 8.89. The van der Waals surface area contributed by atoms with Crippen LogP contribution in [0.25, 0.3) is 10.9 Å². The Kier molecular flexibility index (Phi) is 6.26. The number of nitrogens with zero attached hydrogens (tertiary/aromatic N) is 2. The van der Waals surface area contributed by atoms with E-state index in [1.54, 1.807) is 29.2 Å². The molecule has 3 N–H and O–H groups in total. The highest BCUT2D eigenvalue weighted by Gasteiger charge is 2.33. The van der Waals surface area contributed by atoms with Crippen LogP contribution in [0.5, 0.6) is 0 Å². The number of rotatable bonds is 4. The van der Waals surface area contributed by atoms with E-state index in [4.69, 9.17) is 16.7 Å². The lowest BCUT2D eigenvalue weighted by atomic mass is 10.1. The van der Waals surface area contributed by atoms with Crippen molar-refractivity contribution in [3.63, 3.8) is 0 Å². The molecule has 1 aliphatic heterocycles. The van der Waals surface area contributed by atoms with Crippen molar-refractivity contribution in [2.45, 2.75) is 30.1 Å². The van der Waals surface area contributed by atoms with Crippen LogP contribution in [0.2, 0.25) is 5.02 Å². The van der Waals surface area contributed by atoms with E-state index in [0.29, 0.717) is 22.5 Å². The topological polar surface area (TPSA) is 105 Å². The van der Waals surface area contributed by atoms with Crippen LogP contribution in [0.15, 0.2) is 53.4 Å². The van der Waals surface area contributed by atoms with Crippen LogP contribution in [0.1, 0.15) is 29.6 Å². The summed E-state index contributed by atoms with van der Waals surface area (Å²) in [7, 11) is -3.96. The number of fused-ring (bicyclic) bond motifs is 1. The molecule has 2 heterocycles. The zero-order valence-corrected chi connectivity index (χ0v) is 19.0. The van der Waals surface area contributed by atoms with E-state index in [0.717, 1.165) is 0 Å². The molecule has 2 aromatic carbocycles. The van der Waals surface area contributed by atoms with E-state index in [2.05, 4.69) is 10.3 Å². The Hall–Kier alpha value is -2.82. The number of alkyl halides is 2. The van der Waals surface area contributed by atoms with Gasteiger partial charge in [0.2, 0.25) is 15.9 Å². The molecule has 174 valence electrons. The third kappa shape index (κ3) is 5.40. The van der Waals surface area contributed by atoms with Crippen molar-refractivity contribution in [1.82, 2.24) is 4.98 Å². The van der Waals surface area contributed by atoms with E-state index in [9.17, 15) is 22.0 Å². The standard InChI is InChI=1S/C22H21ClF2N4O3S/c23-15-5-6-19-14(11-15)12-18(20(28-19)29-9-2-7-22(24,25)8-10-29)21(30)27-16-3-1-4-17(13-16)33(26,31)32/h1,3-6,11-13H,2,7-10H2,(H,27,30)(H2,26,31,32). The monoisotopic (exact) mass is 494 g/mol. The number of anilines is 2. The molecule has 0 atom stereocenters. The molecule has 33 heavy (non-hydrogen) atoms. The van der Waals surface area contributed by atoms with Crippen molar-refractivity contribution in [2.75, 3.05) is 23.3 Å². The predicted molar refractivity (Wildman–Crippen MR) is 124 cm³/mol. The summed E-state index contributed by atoms with van der Waals surface area (Å²) in [4.78, 5) is 19.4. The zero-order valence-electron chi connectivity index (χ0n) is 17.4. The number of halogens is 3. The third-order valence-corrected chi connectivity index (χ3v) is 6.59. The molecule has 1 aliphatic rings. The number of amides is 1. The second kappa shape index (κ2) is 8.85. The number of primary sulfonamides is 1. The molecule has 4 rings (SSSR count). The number of aromatic nitrogens is 1. The predicted octanol–water partition coefficient (Wildman–Crippen LogP) is 4.41. The Morgan fingerprint density at radius 2 is 1.91 bits per heavy atom. The molecular formula is C22H21ClF2N4O3S. The van der Waals surface area contributed by atoms with Crippen LogP contribution >= 0.6 is 11.6 Å². The maximum atomic E-state index is 13.9. The van der Waals surface area contributed by atoms with Gasteiger partial charge >= 0.3 is 0 Å². The number of carbonyl (C=O) groups excluding carboxylic acids is 1. The average molecular weight is 495 g/mol. The number of nitrogens with two attached hydrogens (primary N) is 1. The van der Waals surface area contributed by atoms with Gasteiger partial charge in [-0.3, -0.25) is 4.79 Å². The molecule has 0 spiro atoms. The Balaban J connectivity index is 1.75. The summed E-state index contributed by atoms with van der Waals surface area (Å²) in [6.07, 6.45) is -0.315. The van der Waals surface area contributed by atoms with E-state index >= 15 is 0 Å². The summed E-state index contributed by atoms with van der Waals surface area (Å²) in [5.74, 6) is -3.06. The summed E-state index contributed by atoms with van der Waals surface area (Å²) in [6, 6.07) is 12.1. The van der Waals surface area contributed by atoms with E-state index in [1.165, 1.54) is 24.3 Å². The van der Waals surface area contributed by atoms with Crippen LogP contribution in [0.3, 0.4) is 0 Å². The van der Waals surface area contributed by atoms with Gasteiger partial charge in [0.15, 0.2) is 0 Å². The minimum atomic E-state index is -3.96. The first-order chi connectivity index (χ1) is 15.5. The summed E-state index contributed by atoms with van der Waals surface area (Å²) in [6.45, 7) is 0.364. The molecule has 0 bridgehead atoms. The molecule has 1 amide bonds. The van der Waals surface area contributed by atoms with Crippen molar-refractivity contribution in [1.29, 1.82) is 0 Å². The van der Waals surface area contributed by atoms with Crippen molar-refractivity contribution in [3.8, 4) is 0 Å². The normalized spacial score (nSPS) is 16.4. The molecule has 0 unspecified atom stereocenters.